The molecule has 1 aliphatic heterocycles. The maximum Gasteiger partial charge on any atom is 0.224 e. The van der Waals surface area contributed by atoms with Crippen molar-refractivity contribution in [2.24, 2.45) is 5.73 Å². The zero-order valence-electron chi connectivity index (χ0n) is 10.1. The standard InChI is InChI=1S/C13H19N3O/c1-9(14)7-15-8-10-2-4-12-11(6-10)3-5-13(17)16-12/h2,4,6,9,15H,3,5,7-8,14H2,1H3,(H,16,17). The van der Waals surface area contributed by atoms with E-state index < -0.39 is 0 Å². The minimum atomic E-state index is 0.111. The third-order valence-corrected chi connectivity index (χ3v) is 2.86. The minimum absolute atomic E-state index is 0.111. The van der Waals surface area contributed by atoms with Gasteiger partial charge in [0.05, 0.1) is 0 Å². The Morgan fingerprint density at radius 3 is 3.06 bits per heavy atom. The van der Waals surface area contributed by atoms with E-state index in [0.717, 1.165) is 25.2 Å². The van der Waals surface area contributed by atoms with Crippen LogP contribution < -0.4 is 16.4 Å². The molecular weight excluding hydrogens is 214 g/mol. The van der Waals surface area contributed by atoms with Gasteiger partial charge in [-0.05, 0) is 30.5 Å². The number of nitrogens with two attached hydrogens (primary N) is 1. The van der Waals surface area contributed by atoms with Crippen molar-refractivity contribution in [3.8, 4) is 0 Å². The van der Waals surface area contributed by atoms with Gasteiger partial charge in [-0.2, -0.15) is 0 Å². The van der Waals surface area contributed by atoms with Crippen LogP contribution >= 0.6 is 0 Å². The van der Waals surface area contributed by atoms with Crippen molar-refractivity contribution >= 4 is 11.6 Å². The monoisotopic (exact) mass is 233 g/mol. The first-order valence-electron chi connectivity index (χ1n) is 6.03. The average molecular weight is 233 g/mol. The fourth-order valence-electron chi connectivity index (χ4n) is 1.99. The second-order valence-corrected chi connectivity index (χ2v) is 4.65. The summed E-state index contributed by atoms with van der Waals surface area (Å²) in [6.07, 6.45) is 1.42. The van der Waals surface area contributed by atoms with Gasteiger partial charge in [-0.25, -0.2) is 0 Å². The average Bonchev–Trinajstić information content (AvgIpc) is 2.29. The Hall–Kier alpha value is -1.39. The van der Waals surface area contributed by atoms with Crippen LogP contribution in [0.2, 0.25) is 0 Å². The lowest BCUT2D eigenvalue weighted by Gasteiger charge is -2.17. The normalized spacial score (nSPS) is 16.2. The molecule has 4 nitrogen and oxygen atoms in total. The first-order chi connectivity index (χ1) is 8.15. The van der Waals surface area contributed by atoms with E-state index in [1.165, 1.54) is 11.1 Å². The van der Waals surface area contributed by atoms with Gasteiger partial charge in [-0.1, -0.05) is 12.1 Å². The first kappa shape index (κ1) is 12.1. The van der Waals surface area contributed by atoms with Gasteiger partial charge in [0.2, 0.25) is 5.91 Å². The molecule has 1 unspecified atom stereocenters. The number of carbonyl (C=O) groups excluding carboxylic acids is 1. The summed E-state index contributed by atoms with van der Waals surface area (Å²) in [5.41, 5.74) is 9.09. The van der Waals surface area contributed by atoms with E-state index >= 15 is 0 Å². The molecule has 1 aliphatic rings. The van der Waals surface area contributed by atoms with Crippen LogP contribution in [0, 0.1) is 0 Å². The molecule has 2 rings (SSSR count). The van der Waals surface area contributed by atoms with Crippen molar-refractivity contribution in [3.63, 3.8) is 0 Å². The molecule has 0 fully saturated rings. The van der Waals surface area contributed by atoms with Gasteiger partial charge in [-0.3, -0.25) is 4.79 Å². The van der Waals surface area contributed by atoms with E-state index in [2.05, 4.69) is 16.7 Å². The molecule has 1 heterocycles. The molecule has 4 N–H and O–H groups in total. The number of hydrogen-bond acceptors (Lipinski definition) is 3. The van der Waals surface area contributed by atoms with E-state index in [1.54, 1.807) is 0 Å². The van der Waals surface area contributed by atoms with E-state index in [-0.39, 0.29) is 11.9 Å². The van der Waals surface area contributed by atoms with Crippen molar-refractivity contribution in [1.82, 2.24) is 5.32 Å². The molecule has 92 valence electrons. The Morgan fingerprint density at radius 2 is 2.29 bits per heavy atom. The van der Waals surface area contributed by atoms with Gasteiger partial charge in [0, 0.05) is 31.2 Å². The molecule has 4 heteroatoms. The number of benzene rings is 1. The van der Waals surface area contributed by atoms with Gasteiger partial charge in [0.15, 0.2) is 0 Å². The Bertz CT molecular complexity index is 415. The van der Waals surface area contributed by atoms with Crippen LogP contribution in [0.3, 0.4) is 0 Å². The predicted octanol–water partition coefficient (Wildman–Crippen LogP) is 1.01. The third kappa shape index (κ3) is 3.28. The van der Waals surface area contributed by atoms with E-state index in [4.69, 9.17) is 5.73 Å². The SMILES string of the molecule is CC(N)CNCc1ccc2c(c1)CCC(=O)N2. The van der Waals surface area contributed by atoms with Crippen molar-refractivity contribution in [3.05, 3.63) is 29.3 Å². The number of hydrogen-bond donors (Lipinski definition) is 3. The lowest BCUT2D eigenvalue weighted by molar-refractivity contribution is -0.116. The smallest absolute Gasteiger partial charge is 0.224 e. The molecule has 0 saturated heterocycles. The second-order valence-electron chi connectivity index (χ2n) is 4.65. The number of rotatable bonds is 4. The van der Waals surface area contributed by atoms with Crippen molar-refractivity contribution in [2.45, 2.75) is 32.4 Å². The Morgan fingerprint density at radius 1 is 1.47 bits per heavy atom. The molecule has 17 heavy (non-hydrogen) atoms. The highest BCUT2D eigenvalue weighted by molar-refractivity contribution is 5.93. The minimum Gasteiger partial charge on any atom is -0.327 e. The molecule has 1 aromatic rings. The largest absolute Gasteiger partial charge is 0.327 e. The Kier molecular flexibility index (Phi) is 3.76. The summed E-state index contributed by atoms with van der Waals surface area (Å²) >= 11 is 0. The Balaban J connectivity index is 1.99. The van der Waals surface area contributed by atoms with Gasteiger partial charge in [-0.15, -0.1) is 0 Å². The summed E-state index contributed by atoms with van der Waals surface area (Å²) in [4.78, 5) is 11.2. The number of nitrogens with one attached hydrogen (secondary N) is 2. The van der Waals surface area contributed by atoms with E-state index in [0.29, 0.717) is 6.42 Å². The highest BCUT2D eigenvalue weighted by Gasteiger charge is 2.14. The molecule has 1 amide bonds. The fraction of sp³-hybridized carbons (Fsp3) is 0.462. The molecule has 0 saturated carbocycles. The van der Waals surface area contributed by atoms with E-state index in [1.807, 2.05) is 19.1 Å². The van der Waals surface area contributed by atoms with E-state index in [9.17, 15) is 4.79 Å². The van der Waals surface area contributed by atoms with Crippen LogP contribution in [-0.2, 0) is 17.8 Å². The van der Waals surface area contributed by atoms with Crippen LogP contribution in [0.15, 0.2) is 18.2 Å². The molecule has 0 aliphatic carbocycles. The Labute approximate surface area is 102 Å². The first-order valence-corrected chi connectivity index (χ1v) is 6.03. The number of aryl methyl sites for hydroxylation is 1. The summed E-state index contributed by atoms with van der Waals surface area (Å²) in [5, 5.41) is 6.19. The number of fused-ring (bicyclic) bond motifs is 1. The predicted molar refractivity (Wildman–Crippen MR) is 68.7 cm³/mol. The molecule has 1 aromatic carbocycles. The number of carbonyl (C=O) groups is 1. The summed E-state index contributed by atoms with van der Waals surface area (Å²) < 4.78 is 0. The third-order valence-electron chi connectivity index (χ3n) is 2.86. The van der Waals surface area contributed by atoms with Crippen LogP contribution in [-0.4, -0.2) is 18.5 Å². The zero-order chi connectivity index (χ0) is 12.3. The van der Waals surface area contributed by atoms with Crippen molar-refractivity contribution in [2.75, 3.05) is 11.9 Å². The van der Waals surface area contributed by atoms with Crippen LogP contribution in [0.5, 0.6) is 0 Å². The number of amides is 1. The topological polar surface area (TPSA) is 67.1 Å². The summed E-state index contributed by atoms with van der Waals surface area (Å²) in [6, 6.07) is 6.35. The van der Waals surface area contributed by atoms with Gasteiger partial charge >= 0.3 is 0 Å². The molecule has 0 radical (unpaired) electrons. The van der Waals surface area contributed by atoms with Crippen LogP contribution in [0.1, 0.15) is 24.5 Å². The molecule has 1 atom stereocenters. The van der Waals surface area contributed by atoms with Crippen molar-refractivity contribution in [1.29, 1.82) is 0 Å². The van der Waals surface area contributed by atoms with Gasteiger partial charge in [0.25, 0.3) is 0 Å². The summed E-state index contributed by atoms with van der Waals surface area (Å²) in [6.45, 7) is 3.62. The highest BCUT2D eigenvalue weighted by Crippen LogP contribution is 2.23. The molecular formula is C13H19N3O. The maximum absolute atomic E-state index is 11.2. The van der Waals surface area contributed by atoms with Crippen LogP contribution in [0.4, 0.5) is 5.69 Å². The van der Waals surface area contributed by atoms with Gasteiger partial charge in [0.1, 0.15) is 0 Å². The van der Waals surface area contributed by atoms with Crippen LogP contribution in [0.25, 0.3) is 0 Å². The zero-order valence-corrected chi connectivity index (χ0v) is 10.1. The second kappa shape index (κ2) is 5.29. The quantitative estimate of drug-likeness (QED) is 0.727. The van der Waals surface area contributed by atoms with Gasteiger partial charge < -0.3 is 16.4 Å². The fourth-order valence-corrected chi connectivity index (χ4v) is 1.99. The highest BCUT2D eigenvalue weighted by atomic mass is 16.1. The number of anilines is 1. The lowest BCUT2D eigenvalue weighted by atomic mass is 10.0. The summed E-state index contributed by atoms with van der Waals surface area (Å²) in [5.74, 6) is 0.111. The van der Waals surface area contributed by atoms with Crippen molar-refractivity contribution < 1.29 is 4.79 Å². The molecule has 0 aromatic heterocycles. The molecule has 0 spiro atoms. The lowest BCUT2D eigenvalue weighted by Crippen LogP contribution is -2.30. The summed E-state index contributed by atoms with van der Waals surface area (Å²) in [7, 11) is 0. The molecule has 0 bridgehead atoms. The maximum atomic E-state index is 11.2.